The van der Waals surface area contributed by atoms with Gasteiger partial charge >= 0.3 is 0 Å². The second kappa shape index (κ2) is 20.8. The van der Waals surface area contributed by atoms with E-state index in [9.17, 15) is 0 Å². The highest BCUT2D eigenvalue weighted by atomic mass is 32.3. The third-order valence-corrected chi connectivity index (χ3v) is 16.8. The van der Waals surface area contributed by atoms with Crippen LogP contribution in [0.25, 0.3) is 0 Å². The summed E-state index contributed by atoms with van der Waals surface area (Å²) in [6.45, 7) is 12.7. The van der Waals surface area contributed by atoms with Gasteiger partial charge < -0.3 is 14.7 Å². The first-order valence-corrected chi connectivity index (χ1v) is 26.9. The number of fused-ring (bicyclic) bond motifs is 4. The first-order valence-electron chi connectivity index (χ1n) is 25.3. The molecule has 0 fully saturated rings. The molecule has 2 aliphatic heterocycles. The molecule has 0 aliphatic carbocycles. The number of hydrogen-bond donors (Lipinski definition) is 0. The van der Waals surface area contributed by atoms with Crippen molar-refractivity contribution >= 4 is 84.3 Å². The van der Waals surface area contributed by atoms with Gasteiger partial charge in [0.25, 0.3) is 6.71 Å². The summed E-state index contributed by atoms with van der Waals surface area (Å²) in [5, 5.41) is 0. The fourth-order valence-corrected chi connectivity index (χ4v) is 14.1. The van der Waals surface area contributed by atoms with Gasteiger partial charge in [0, 0.05) is 70.8 Å². The van der Waals surface area contributed by atoms with Gasteiger partial charge in [0.2, 0.25) is 0 Å². The predicted molar refractivity (Wildman–Crippen MR) is 312 cm³/mol. The Bertz CT molecular complexity index is 3230. The molecule has 10 aromatic rings. The molecule has 354 valence electrons. The minimum absolute atomic E-state index is 0.0364. The highest BCUT2D eigenvalue weighted by Gasteiger charge is 2.45. The molecular formula is C67H62BN3S. The predicted octanol–water partition coefficient (Wildman–Crippen LogP) is 17.7. The second-order valence-electron chi connectivity index (χ2n) is 19.5. The van der Waals surface area contributed by atoms with Crippen LogP contribution in [0.1, 0.15) is 41.5 Å². The Morgan fingerprint density at radius 3 is 1.11 bits per heavy atom. The van der Waals surface area contributed by atoms with Gasteiger partial charge in [0.1, 0.15) is 0 Å². The molecule has 0 aromatic heterocycles. The van der Waals surface area contributed by atoms with E-state index in [1.54, 1.807) is 0 Å². The van der Waals surface area contributed by atoms with Crippen LogP contribution in [-0.4, -0.2) is 6.71 Å². The van der Waals surface area contributed by atoms with Crippen LogP contribution in [0, 0.1) is 5.41 Å². The van der Waals surface area contributed by atoms with E-state index in [2.05, 4.69) is 309 Å². The summed E-state index contributed by atoms with van der Waals surface area (Å²) in [7, 11) is -2.09. The van der Waals surface area contributed by atoms with Gasteiger partial charge in [-0.25, -0.2) is 0 Å². The maximum atomic E-state index is 2.56. The van der Waals surface area contributed by atoms with Gasteiger partial charge in [-0.1, -0.05) is 193 Å². The Kier molecular flexibility index (Phi) is 13.8. The third kappa shape index (κ3) is 9.02. The van der Waals surface area contributed by atoms with Crippen molar-refractivity contribution in [3.63, 3.8) is 0 Å². The number of rotatable bonds is 9. The lowest BCUT2D eigenvalue weighted by Crippen LogP contribution is -2.61. The Labute approximate surface area is 430 Å². The molecule has 0 saturated heterocycles. The number of para-hydroxylation sites is 5. The topological polar surface area (TPSA) is 9.72 Å². The average molecular weight is 952 g/mol. The standard InChI is InChI=1S/C60H44BN3S.C5H12.C2H6/c1-8-24-45(25-9-1)62(46-26-10-2-11-27-46)49-40-41-55-57(42-49)64(48-30-14-4-15-31-48)59-44-53(43-58-60(59)61(55)54-38-22-23-39-56(54)63(58)47-28-12-3-13-29-47)65(50-32-16-5-17-33-50,51-34-18-6-19-35-51)52-36-20-7-21-37-52;1-5(2,3)4;1-2/h1-44H;1-4H3;1-2H3. The highest BCUT2D eigenvalue weighted by molar-refractivity contribution is 8.34. The summed E-state index contributed by atoms with van der Waals surface area (Å²) in [6.07, 6.45) is 0. The maximum Gasteiger partial charge on any atom is 0.252 e. The normalized spacial score (nSPS) is 12.4. The maximum absolute atomic E-state index is 2.56. The van der Waals surface area contributed by atoms with Crippen LogP contribution in [0.3, 0.4) is 0 Å². The van der Waals surface area contributed by atoms with E-state index >= 15 is 0 Å². The number of benzene rings is 10. The van der Waals surface area contributed by atoms with Crippen LogP contribution < -0.4 is 31.1 Å². The van der Waals surface area contributed by atoms with Crippen LogP contribution in [0.2, 0.25) is 0 Å². The van der Waals surface area contributed by atoms with Crippen LogP contribution in [0.15, 0.2) is 287 Å². The fraction of sp³-hybridized carbons (Fsp3) is 0.104. The first kappa shape index (κ1) is 47.7. The van der Waals surface area contributed by atoms with Crippen LogP contribution in [0.4, 0.5) is 51.2 Å². The molecule has 0 saturated carbocycles. The lowest BCUT2D eigenvalue weighted by Gasteiger charge is -2.47. The van der Waals surface area contributed by atoms with E-state index in [4.69, 9.17) is 0 Å². The molecule has 0 unspecified atom stereocenters. The Hall–Kier alpha value is -7.99. The Morgan fingerprint density at radius 1 is 0.333 bits per heavy atom. The van der Waals surface area contributed by atoms with Gasteiger partial charge in [0.15, 0.2) is 0 Å². The minimum atomic E-state index is -2.09. The van der Waals surface area contributed by atoms with E-state index in [1.807, 2.05) is 13.8 Å². The molecule has 5 heteroatoms. The van der Waals surface area contributed by atoms with Gasteiger partial charge in [-0.2, -0.15) is 0 Å². The van der Waals surface area contributed by atoms with Crippen molar-refractivity contribution in [3.8, 4) is 0 Å². The molecule has 10 aromatic carbocycles. The molecule has 0 radical (unpaired) electrons. The van der Waals surface area contributed by atoms with Crippen molar-refractivity contribution in [2.75, 3.05) is 14.7 Å². The summed E-state index contributed by atoms with van der Waals surface area (Å²) >= 11 is 0. The van der Waals surface area contributed by atoms with Gasteiger partial charge in [-0.05, 0) is 137 Å². The summed E-state index contributed by atoms with van der Waals surface area (Å²) in [5.74, 6) is 0. The monoisotopic (exact) mass is 951 g/mol. The van der Waals surface area contributed by atoms with Crippen molar-refractivity contribution < 1.29 is 0 Å². The van der Waals surface area contributed by atoms with E-state index in [-0.39, 0.29) is 6.71 Å². The summed E-state index contributed by atoms with van der Waals surface area (Å²) < 4.78 is 0. The van der Waals surface area contributed by atoms with E-state index in [1.165, 1.54) is 53.0 Å². The zero-order valence-corrected chi connectivity index (χ0v) is 43.0. The second-order valence-corrected chi connectivity index (χ2v) is 22.6. The van der Waals surface area contributed by atoms with Crippen molar-refractivity contribution in [3.05, 3.63) is 267 Å². The molecule has 0 amide bonds. The van der Waals surface area contributed by atoms with Gasteiger partial charge in [0.05, 0.1) is 0 Å². The largest absolute Gasteiger partial charge is 0.311 e. The SMILES string of the molecule is CC.CC(C)(C)C.c1ccc(N(c2ccccc2)c2ccc3c(c2)N(c2ccccc2)c2cc(S(c4ccccc4)(c4ccccc4)c4ccccc4)cc4c2B3c2ccccc2N4c2ccccc2)cc1. The van der Waals surface area contributed by atoms with Gasteiger partial charge in [-0.15, -0.1) is 10.0 Å². The van der Waals surface area contributed by atoms with E-state index in [0.29, 0.717) is 5.41 Å². The molecule has 0 N–H and O–H groups in total. The zero-order valence-electron chi connectivity index (χ0n) is 42.2. The summed E-state index contributed by atoms with van der Waals surface area (Å²) in [4.78, 5) is 12.6. The molecule has 12 rings (SSSR count). The van der Waals surface area contributed by atoms with Crippen molar-refractivity contribution in [2.45, 2.75) is 61.1 Å². The summed E-state index contributed by atoms with van der Waals surface area (Å²) in [5.41, 5.74) is 14.6. The van der Waals surface area contributed by atoms with Crippen LogP contribution in [0.5, 0.6) is 0 Å². The lowest BCUT2D eigenvalue weighted by atomic mass is 9.33. The highest BCUT2D eigenvalue weighted by Crippen LogP contribution is 2.74. The molecule has 2 aliphatic rings. The summed E-state index contributed by atoms with van der Waals surface area (Å²) in [6, 6.07) is 98.3. The first-order chi connectivity index (χ1) is 35.3. The quantitative estimate of drug-likeness (QED) is 0.134. The van der Waals surface area contributed by atoms with Crippen molar-refractivity contribution in [1.82, 2.24) is 0 Å². The third-order valence-electron chi connectivity index (χ3n) is 12.9. The van der Waals surface area contributed by atoms with Crippen molar-refractivity contribution in [2.24, 2.45) is 5.41 Å². The molecule has 72 heavy (non-hydrogen) atoms. The van der Waals surface area contributed by atoms with Crippen molar-refractivity contribution in [1.29, 1.82) is 0 Å². The molecule has 0 bridgehead atoms. The van der Waals surface area contributed by atoms with Crippen LogP contribution >= 0.6 is 10.0 Å². The van der Waals surface area contributed by atoms with E-state index in [0.717, 1.165) is 34.1 Å². The van der Waals surface area contributed by atoms with Gasteiger partial charge in [-0.3, -0.25) is 0 Å². The molecular weight excluding hydrogens is 890 g/mol. The Balaban J connectivity index is 0.000000805. The smallest absolute Gasteiger partial charge is 0.252 e. The molecule has 2 heterocycles. The van der Waals surface area contributed by atoms with Crippen LogP contribution in [-0.2, 0) is 0 Å². The number of anilines is 9. The molecule has 0 atom stereocenters. The lowest BCUT2D eigenvalue weighted by molar-refractivity contribution is 0.469. The van der Waals surface area contributed by atoms with E-state index < -0.39 is 10.0 Å². The number of nitrogens with zero attached hydrogens (tertiary/aromatic N) is 3. The minimum Gasteiger partial charge on any atom is -0.311 e. The fourth-order valence-electron chi connectivity index (χ4n) is 10.2. The molecule has 3 nitrogen and oxygen atoms in total. The molecule has 0 spiro atoms. The zero-order chi connectivity index (χ0) is 49.7. The number of hydrogen-bond acceptors (Lipinski definition) is 3. The Morgan fingerprint density at radius 2 is 0.681 bits per heavy atom. The average Bonchev–Trinajstić information content (AvgIpc) is 3.43.